The van der Waals surface area contributed by atoms with Gasteiger partial charge in [-0.1, -0.05) is 19.5 Å². The molecular formula is C11H23NSi. The summed E-state index contributed by atoms with van der Waals surface area (Å²) in [7, 11) is -1.04. The molecule has 76 valence electrons. The van der Waals surface area contributed by atoms with Crippen molar-refractivity contribution in [2.24, 2.45) is 0 Å². The second-order valence-electron chi connectivity index (χ2n) is 4.85. The molecule has 0 aromatic heterocycles. The van der Waals surface area contributed by atoms with Crippen molar-refractivity contribution in [2.45, 2.75) is 38.4 Å². The number of piperidine rings is 1. The van der Waals surface area contributed by atoms with E-state index in [-0.39, 0.29) is 0 Å². The lowest BCUT2D eigenvalue weighted by Crippen LogP contribution is -2.35. The summed E-state index contributed by atoms with van der Waals surface area (Å²) < 4.78 is 0. The average Bonchev–Trinajstić information content (AvgIpc) is 2.17. The zero-order valence-electron chi connectivity index (χ0n) is 9.18. The van der Waals surface area contributed by atoms with Gasteiger partial charge in [-0.3, -0.25) is 0 Å². The standard InChI is InChI=1S/C11H23NSi/c1-4-13(2,3)11-10-12-8-6-5-7-9-12/h4H,1,5-11H2,2-3H3. The minimum atomic E-state index is -1.04. The van der Waals surface area contributed by atoms with Crippen LogP contribution in [0, 0.1) is 0 Å². The van der Waals surface area contributed by atoms with Crippen LogP contribution in [0.1, 0.15) is 19.3 Å². The van der Waals surface area contributed by atoms with Crippen LogP contribution in [0.15, 0.2) is 12.3 Å². The summed E-state index contributed by atoms with van der Waals surface area (Å²) in [6.07, 6.45) is 4.27. The highest BCUT2D eigenvalue weighted by Crippen LogP contribution is 2.14. The normalized spacial score (nSPS) is 20.2. The van der Waals surface area contributed by atoms with Gasteiger partial charge in [-0.05, 0) is 38.5 Å². The van der Waals surface area contributed by atoms with Crippen LogP contribution in [0.4, 0.5) is 0 Å². The molecule has 0 spiro atoms. The molecule has 1 aliphatic heterocycles. The highest BCUT2D eigenvalue weighted by Gasteiger charge is 2.18. The van der Waals surface area contributed by atoms with E-state index in [1.807, 2.05) is 0 Å². The molecule has 0 unspecified atom stereocenters. The fraction of sp³-hybridized carbons (Fsp3) is 0.818. The Kier molecular flexibility index (Phi) is 4.20. The van der Waals surface area contributed by atoms with Gasteiger partial charge in [0.15, 0.2) is 0 Å². The van der Waals surface area contributed by atoms with Gasteiger partial charge in [0.2, 0.25) is 0 Å². The van der Waals surface area contributed by atoms with Crippen molar-refractivity contribution in [3.63, 3.8) is 0 Å². The predicted octanol–water partition coefficient (Wildman–Crippen LogP) is 2.91. The molecule has 0 aromatic rings. The third-order valence-electron chi connectivity index (χ3n) is 3.07. The smallest absolute Gasteiger partial charge is 0.0722 e. The van der Waals surface area contributed by atoms with Crippen LogP contribution in [-0.2, 0) is 0 Å². The van der Waals surface area contributed by atoms with Gasteiger partial charge < -0.3 is 4.90 Å². The first-order valence-corrected chi connectivity index (χ1v) is 8.78. The van der Waals surface area contributed by atoms with Crippen LogP contribution in [0.3, 0.4) is 0 Å². The Bertz CT molecular complexity index is 159. The molecule has 2 heteroatoms. The van der Waals surface area contributed by atoms with E-state index in [1.54, 1.807) is 0 Å². The maximum absolute atomic E-state index is 3.94. The predicted molar refractivity (Wildman–Crippen MR) is 62.8 cm³/mol. The van der Waals surface area contributed by atoms with Gasteiger partial charge in [0.05, 0.1) is 8.07 Å². The van der Waals surface area contributed by atoms with Crippen molar-refractivity contribution >= 4 is 8.07 Å². The summed E-state index contributed by atoms with van der Waals surface area (Å²) in [6, 6.07) is 1.39. The van der Waals surface area contributed by atoms with Gasteiger partial charge in [-0.15, -0.1) is 12.3 Å². The van der Waals surface area contributed by atoms with Crippen molar-refractivity contribution in [3.8, 4) is 0 Å². The minimum absolute atomic E-state index is 1.04. The Morgan fingerprint density at radius 2 is 1.85 bits per heavy atom. The molecule has 0 radical (unpaired) electrons. The van der Waals surface area contributed by atoms with Crippen LogP contribution < -0.4 is 0 Å². The minimum Gasteiger partial charge on any atom is -0.304 e. The Hall–Kier alpha value is -0.0831. The van der Waals surface area contributed by atoms with Crippen molar-refractivity contribution in [1.82, 2.24) is 4.90 Å². The Morgan fingerprint density at radius 3 is 2.38 bits per heavy atom. The van der Waals surface area contributed by atoms with E-state index in [0.29, 0.717) is 0 Å². The molecule has 13 heavy (non-hydrogen) atoms. The highest BCUT2D eigenvalue weighted by atomic mass is 28.3. The van der Waals surface area contributed by atoms with Gasteiger partial charge in [-0.25, -0.2) is 0 Å². The maximum Gasteiger partial charge on any atom is 0.0722 e. The molecule has 1 heterocycles. The molecule has 1 saturated heterocycles. The van der Waals surface area contributed by atoms with Crippen LogP contribution in [-0.4, -0.2) is 32.6 Å². The lowest BCUT2D eigenvalue weighted by Gasteiger charge is -2.29. The van der Waals surface area contributed by atoms with Gasteiger partial charge in [0.25, 0.3) is 0 Å². The molecule has 0 N–H and O–H groups in total. The lowest BCUT2D eigenvalue weighted by atomic mass is 10.1. The third-order valence-corrected chi connectivity index (χ3v) is 5.69. The molecule has 0 aliphatic carbocycles. The molecule has 1 fully saturated rings. The highest BCUT2D eigenvalue weighted by molar-refractivity contribution is 6.82. The van der Waals surface area contributed by atoms with Gasteiger partial charge in [0, 0.05) is 0 Å². The molecule has 0 amide bonds. The summed E-state index contributed by atoms with van der Waals surface area (Å²) in [5, 5.41) is 0. The van der Waals surface area contributed by atoms with E-state index in [0.717, 1.165) is 0 Å². The number of hydrogen-bond donors (Lipinski definition) is 0. The SMILES string of the molecule is C=C[Si](C)(C)CCN1CCCCC1. The van der Waals surface area contributed by atoms with Crippen molar-refractivity contribution < 1.29 is 0 Å². The molecule has 0 saturated carbocycles. The number of likely N-dealkylation sites (tertiary alicyclic amines) is 1. The first kappa shape index (κ1) is 11.0. The first-order valence-electron chi connectivity index (χ1n) is 5.50. The Balaban J connectivity index is 2.20. The monoisotopic (exact) mass is 197 g/mol. The number of nitrogens with zero attached hydrogens (tertiary/aromatic N) is 1. The summed E-state index contributed by atoms with van der Waals surface area (Å²) in [5.74, 6) is 0. The topological polar surface area (TPSA) is 3.24 Å². The second-order valence-corrected chi connectivity index (χ2v) is 9.73. The zero-order valence-corrected chi connectivity index (χ0v) is 10.2. The van der Waals surface area contributed by atoms with Crippen LogP contribution in [0.25, 0.3) is 0 Å². The fourth-order valence-corrected chi connectivity index (χ4v) is 2.83. The van der Waals surface area contributed by atoms with E-state index < -0.39 is 8.07 Å². The molecule has 0 bridgehead atoms. The van der Waals surface area contributed by atoms with E-state index in [1.165, 1.54) is 44.9 Å². The first-order chi connectivity index (χ1) is 6.14. The van der Waals surface area contributed by atoms with E-state index in [2.05, 4.69) is 30.3 Å². The molecule has 0 atom stereocenters. The zero-order chi connectivity index (χ0) is 9.73. The lowest BCUT2D eigenvalue weighted by molar-refractivity contribution is 0.239. The molecule has 0 aromatic carbocycles. The molecular weight excluding hydrogens is 174 g/mol. The molecule has 1 aliphatic rings. The summed E-state index contributed by atoms with van der Waals surface area (Å²) >= 11 is 0. The van der Waals surface area contributed by atoms with Gasteiger partial charge in [-0.2, -0.15) is 0 Å². The largest absolute Gasteiger partial charge is 0.304 e. The van der Waals surface area contributed by atoms with E-state index in [4.69, 9.17) is 0 Å². The number of hydrogen-bond acceptors (Lipinski definition) is 1. The van der Waals surface area contributed by atoms with Crippen LogP contribution >= 0.6 is 0 Å². The van der Waals surface area contributed by atoms with Gasteiger partial charge >= 0.3 is 0 Å². The fourth-order valence-electron chi connectivity index (χ4n) is 1.73. The summed E-state index contributed by atoms with van der Waals surface area (Å²) in [5.41, 5.74) is 2.22. The van der Waals surface area contributed by atoms with E-state index in [9.17, 15) is 0 Å². The molecule has 1 rings (SSSR count). The summed E-state index contributed by atoms with van der Waals surface area (Å²) in [4.78, 5) is 2.63. The van der Waals surface area contributed by atoms with Gasteiger partial charge in [0.1, 0.15) is 0 Å². The quantitative estimate of drug-likeness (QED) is 0.626. The Morgan fingerprint density at radius 1 is 1.23 bits per heavy atom. The van der Waals surface area contributed by atoms with Crippen LogP contribution in [0.5, 0.6) is 0 Å². The van der Waals surface area contributed by atoms with Crippen molar-refractivity contribution in [1.29, 1.82) is 0 Å². The van der Waals surface area contributed by atoms with Crippen LogP contribution in [0.2, 0.25) is 19.1 Å². The summed E-state index contributed by atoms with van der Waals surface area (Å²) in [6.45, 7) is 12.7. The van der Waals surface area contributed by atoms with Crippen molar-refractivity contribution in [3.05, 3.63) is 12.3 Å². The average molecular weight is 197 g/mol. The maximum atomic E-state index is 3.94. The molecule has 1 nitrogen and oxygen atoms in total. The van der Waals surface area contributed by atoms with Crippen molar-refractivity contribution in [2.75, 3.05) is 19.6 Å². The number of rotatable bonds is 4. The second kappa shape index (κ2) is 4.96. The van der Waals surface area contributed by atoms with E-state index >= 15 is 0 Å². The Labute approximate surface area is 83.8 Å². The third kappa shape index (κ3) is 4.10.